The highest BCUT2D eigenvalue weighted by Crippen LogP contribution is 2.01. The van der Waals surface area contributed by atoms with E-state index in [4.69, 9.17) is 9.15 Å². The average molecular weight is 210 g/mol. The van der Waals surface area contributed by atoms with Crippen molar-refractivity contribution in [3.8, 4) is 0 Å². The third kappa shape index (κ3) is 5.02. The van der Waals surface area contributed by atoms with Gasteiger partial charge >= 0.3 is 5.97 Å². The molecule has 0 unspecified atom stereocenters. The number of esters is 1. The second kappa shape index (κ2) is 6.03. The highest BCUT2D eigenvalue weighted by molar-refractivity contribution is 5.86. The van der Waals surface area contributed by atoms with Crippen molar-refractivity contribution in [3.05, 3.63) is 30.2 Å². The molecule has 0 saturated carbocycles. The van der Waals surface area contributed by atoms with Gasteiger partial charge in [-0.3, -0.25) is 0 Å². The highest BCUT2D eigenvalue weighted by atomic mass is 16.5. The Kier molecular flexibility index (Phi) is 4.63. The van der Waals surface area contributed by atoms with E-state index in [1.807, 2.05) is 14.1 Å². The first kappa shape index (κ1) is 11.5. The molecule has 0 saturated heterocycles. The smallest absolute Gasteiger partial charge is 0.331 e. The van der Waals surface area contributed by atoms with E-state index in [0.717, 1.165) is 6.54 Å². The summed E-state index contributed by atoms with van der Waals surface area (Å²) in [6.07, 6.45) is 4.51. The quantitative estimate of drug-likeness (QED) is 0.548. The summed E-state index contributed by atoms with van der Waals surface area (Å²) in [5.74, 6) is 0.304. The molecule has 1 aromatic rings. The van der Waals surface area contributed by atoms with Crippen molar-refractivity contribution in [3.63, 3.8) is 0 Å². The lowest BCUT2D eigenvalue weighted by Gasteiger charge is -2.06. The van der Waals surface area contributed by atoms with Gasteiger partial charge in [0.25, 0.3) is 0 Å². The molecule has 0 aromatic carbocycles. The molecule has 0 radical (unpaired) electrons. The Morgan fingerprint density at radius 2 is 2.40 bits per heavy atom. The minimum atomic E-state index is -0.340. The van der Waals surface area contributed by atoms with Gasteiger partial charge in [0, 0.05) is 6.08 Å². The molecule has 82 valence electrons. The highest BCUT2D eigenvalue weighted by Gasteiger charge is 1.99. The summed E-state index contributed by atoms with van der Waals surface area (Å²) >= 11 is 0. The molecule has 0 bridgehead atoms. The molecular weight excluding hydrogens is 194 g/mol. The van der Waals surface area contributed by atoms with Crippen molar-refractivity contribution in [2.24, 2.45) is 0 Å². The average Bonchev–Trinajstić information content (AvgIpc) is 2.66. The van der Waals surface area contributed by atoms with Gasteiger partial charge in [0.15, 0.2) is 0 Å². The van der Waals surface area contributed by atoms with Crippen LogP contribution in [0.1, 0.15) is 5.76 Å². The van der Waals surface area contributed by atoms with Gasteiger partial charge < -0.3 is 14.1 Å². The van der Waals surface area contributed by atoms with Crippen molar-refractivity contribution in [1.29, 1.82) is 0 Å². The first-order valence-electron chi connectivity index (χ1n) is 4.86. The van der Waals surface area contributed by atoms with Gasteiger partial charge in [-0.1, -0.05) is 0 Å². The number of carbonyl (C=O) groups is 1. The fourth-order valence-corrected chi connectivity index (χ4v) is 0.940. The normalized spacial score (nSPS) is 11.1. The fraction of sp³-hybridized carbons (Fsp3) is 0.364. The van der Waals surface area contributed by atoms with Crippen LogP contribution in [0.15, 0.2) is 28.9 Å². The maximum atomic E-state index is 11.2. The minimum absolute atomic E-state index is 0.340. The molecule has 4 nitrogen and oxygen atoms in total. The van der Waals surface area contributed by atoms with Gasteiger partial charge in [-0.15, -0.1) is 0 Å². The van der Waals surface area contributed by atoms with E-state index in [0.29, 0.717) is 12.4 Å². The van der Waals surface area contributed by atoms with Crippen LogP contribution in [0.3, 0.4) is 0 Å². The standard InChI is InChI=1S/C11H15NO3/c1-12(2)7-9-15-11(13)6-5-10-4-3-8-14-10/h3-6,8H,7,9H2,1-2H3/p+1/b6-5+. The summed E-state index contributed by atoms with van der Waals surface area (Å²) in [6.45, 7) is 1.24. The topological polar surface area (TPSA) is 43.9 Å². The molecule has 0 aliphatic rings. The second-order valence-corrected chi connectivity index (χ2v) is 3.47. The molecule has 0 spiro atoms. The van der Waals surface area contributed by atoms with Crippen molar-refractivity contribution < 1.29 is 18.8 Å². The van der Waals surface area contributed by atoms with Crippen molar-refractivity contribution in [2.45, 2.75) is 0 Å². The molecule has 4 heteroatoms. The fourth-order valence-electron chi connectivity index (χ4n) is 0.940. The second-order valence-electron chi connectivity index (χ2n) is 3.47. The van der Waals surface area contributed by atoms with Crippen LogP contribution in [0.4, 0.5) is 0 Å². The number of hydrogen-bond donors (Lipinski definition) is 1. The summed E-state index contributed by atoms with van der Waals surface area (Å²) in [7, 11) is 4.01. The third-order valence-electron chi connectivity index (χ3n) is 1.77. The predicted molar refractivity (Wildman–Crippen MR) is 56.4 cm³/mol. The predicted octanol–water partition coefficient (Wildman–Crippen LogP) is -0.0195. The Morgan fingerprint density at radius 3 is 3.00 bits per heavy atom. The number of rotatable bonds is 5. The Hall–Kier alpha value is -1.55. The molecule has 1 aromatic heterocycles. The number of carbonyl (C=O) groups excluding carboxylic acids is 1. The third-order valence-corrected chi connectivity index (χ3v) is 1.77. The number of nitrogens with one attached hydrogen (secondary N) is 1. The molecule has 0 atom stereocenters. The van der Waals surface area contributed by atoms with Crippen molar-refractivity contribution in [2.75, 3.05) is 27.2 Å². The van der Waals surface area contributed by atoms with Gasteiger partial charge in [-0.2, -0.15) is 0 Å². The number of ether oxygens (including phenoxy) is 1. The number of hydrogen-bond acceptors (Lipinski definition) is 3. The lowest BCUT2D eigenvalue weighted by atomic mass is 10.4. The van der Waals surface area contributed by atoms with E-state index in [-0.39, 0.29) is 5.97 Å². The molecule has 1 rings (SSSR count). The van der Waals surface area contributed by atoms with E-state index in [2.05, 4.69) is 0 Å². The van der Waals surface area contributed by atoms with Gasteiger partial charge in [0.05, 0.1) is 20.4 Å². The molecule has 15 heavy (non-hydrogen) atoms. The van der Waals surface area contributed by atoms with E-state index in [1.165, 1.54) is 11.0 Å². The summed E-state index contributed by atoms with van der Waals surface area (Å²) in [5, 5.41) is 0. The van der Waals surface area contributed by atoms with E-state index >= 15 is 0 Å². The number of likely N-dealkylation sites (N-methyl/N-ethyl adjacent to an activating group) is 1. The van der Waals surface area contributed by atoms with Crippen LogP contribution >= 0.6 is 0 Å². The largest absolute Gasteiger partial charge is 0.465 e. The summed E-state index contributed by atoms with van der Waals surface area (Å²) in [4.78, 5) is 12.4. The molecule has 0 amide bonds. The number of furan rings is 1. The first-order chi connectivity index (χ1) is 7.18. The van der Waals surface area contributed by atoms with Crippen LogP contribution in [-0.4, -0.2) is 33.2 Å². The monoisotopic (exact) mass is 210 g/mol. The molecule has 0 fully saturated rings. The lowest BCUT2D eigenvalue weighted by molar-refractivity contribution is -0.858. The van der Waals surface area contributed by atoms with Crippen molar-refractivity contribution >= 4 is 12.0 Å². The maximum Gasteiger partial charge on any atom is 0.331 e. The molecular formula is C11H16NO3+. The van der Waals surface area contributed by atoms with Gasteiger partial charge in [-0.25, -0.2) is 4.79 Å². The lowest BCUT2D eigenvalue weighted by Crippen LogP contribution is -3.06. The SMILES string of the molecule is C[NH+](C)CCOC(=O)/C=C/c1ccco1. The van der Waals surface area contributed by atoms with Crippen LogP contribution in [0.5, 0.6) is 0 Å². The Bertz CT molecular complexity index is 315. The van der Waals surface area contributed by atoms with Gasteiger partial charge in [-0.05, 0) is 18.2 Å². The van der Waals surface area contributed by atoms with Crippen LogP contribution in [0.2, 0.25) is 0 Å². The van der Waals surface area contributed by atoms with Crippen LogP contribution < -0.4 is 4.90 Å². The van der Waals surface area contributed by atoms with Crippen LogP contribution in [0.25, 0.3) is 6.08 Å². The molecule has 0 aliphatic carbocycles. The Labute approximate surface area is 89.1 Å². The van der Waals surface area contributed by atoms with Gasteiger partial charge in [0.2, 0.25) is 0 Å². The molecule has 0 aliphatic heterocycles. The van der Waals surface area contributed by atoms with E-state index < -0.39 is 0 Å². The zero-order chi connectivity index (χ0) is 11.1. The summed E-state index contributed by atoms with van der Waals surface area (Å²) in [6, 6.07) is 3.54. The minimum Gasteiger partial charge on any atom is -0.465 e. The van der Waals surface area contributed by atoms with E-state index in [9.17, 15) is 4.79 Å². The first-order valence-corrected chi connectivity index (χ1v) is 4.86. The van der Waals surface area contributed by atoms with Crippen molar-refractivity contribution in [1.82, 2.24) is 0 Å². The molecule has 1 N–H and O–H groups in total. The maximum absolute atomic E-state index is 11.2. The summed E-state index contributed by atoms with van der Waals surface area (Å²) in [5.41, 5.74) is 0. The zero-order valence-electron chi connectivity index (χ0n) is 9.03. The van der Waals surface area contributed by atoms with Gasteiger partial charge in [0.1, 0.15) is 18.9 Å². The Morgan fingerprint density at radius 1 is 1.60 bits per heavy atom. The van der Waals surface area contributed by atoms with E-state index in [1.54, 1.807) is 24.5 Å². The number of quaternary nitrogens is 1. The molecule has 1 heterocycles. The Balaban J connectivity index is 2.24. The zero-order valence-corrected chi connectivity index (χ0v) is 9.03. The van der Waals surface area contributed by atoms with Crippen LogP contribution in [0, 0.1) is 0 Å². The summed E-state index contributed by atoms with van der Waals surface area (Å²) < 4.78 is 9.99. The van der Waals surface area contributed by atoms with Crippen LogP contribution in [-0.2, 0) is 9.53 Å².